The van der Waals surface area contributed by atoms with E-state index in [-0.39, 0.29) is 12.0 Å². The molecule has 0 saturated carbocycles. The molecule has 4 heteroatoms. The molecular formula is C16H24N2O2. The molecule has 1 aliphatic heterocycles. The summed E-state index contributed by atoms with van der Waals surface area (Å²) >= 11 is 0. The molecule has 1 aliphatic rings. The SMILES string of the molecule is CCN(C(=O)CN1CCC(C)C(O)C1)c1ccccc1. The molecule has 4 nitrogen and oxygen atoms in total. The topological polar surface area (TPSA) is 43.8 Å². The molecule has 2 atom stereocenters. The maximum absolute atomic E-state index is 12.4. The van der Waals surface area contributed by atoms with Gasteiger partial charge in [-0.15, -0.1) is 0 Å². The average molecular weight is 276 g/mol. The van der Waals surface area contributed by atoms with Crippen LogP contribution in [0, 0.1) is 5.92 Å². The van der Waals surface area contributed by atoms with E-state index < -0.39 is 0 Å². The third kappa shape index (κ3) is 3.58. The number of aliphatic hydroxyl groups excluding tert-OH is 1. The standard InChI is InChI=1S/C16H24N2O2/c1-3-18(14-7-5-4-6-8-14)16(20)12-17-10-9-13(2)15(19)11-17/h4-8,13,15,19H,3,9-12H2,1-2H3. The zero-order valence-corrected chi connectivity index (χ0v) is 12.3. The van der Waals surface area contributed by atoms with Crippen molar-refractivity contribution in [2.45, 2.75) is 26.4 Å². The highest BCUT2D eigenvalue weighted by Crippen LogP contribution is 2.18. The number of hydrogen-bond donors (Lipinski definition) is 1. The second-order valence-electron chi connectivity index (χ2n) is 5.54. The van der Waals surface area contributed by atoms with Crippen molar-refractivity contribution < 1.29 is 9.90 Å². The molecule has 0 spiro atoms. The van der Waals surface area contributed by atoms with Crippen LogP contribution in [0.25, 0.3) is 0 Å². The fourth-order valence-electron chi connectivity index (χ4n) is 2.65. The van der Waals surface area contributed by atoms with Crippen LogP contribution in [0.4, 0.5) is 5.69 Å². The molecule has 2 rings (SSSR count). The van der Waals surface area contributed by atoms with Crippen molar-refractivity contribution in [3.8, 4) is 0 Å². The van der Waals surface area contributed by atoms with E-state index in [4.69, 9.17) is 0 Å². The van der Waals surface area contributed by atoms with Crippen molar-refractivity contribution in [1.82, 2.24) is 4.90 Å². The first-order valence-electron chi connectivity index (χ1n) is 7.37. The van der Waals surface area contributed by atoms with Gasteiger partial charge in [0.2, 0.25) is 5.91 Å². The molecular weight excluding hydrogens is 252 g/mol. The van der Waals surface area contributed by atoms with Gasteiger partial charge < -0.3 is 10.0 Å². The molecule has 1 heterocycles. The summed E-state index contributed by atoms with van der Waals surface area (Å²) in [6.07, 6.45) is 0.634. The minimum Gasteiger partial charge on any atom is -0.392 e. The Hall–Kier alpha value is -1.39. The number of carbonyl (C=O) groups excluding carboxylic acids is 1. The number of piperidine rings is 1. The number of nitrogens with zero attached hydrogens (tertiary/aromatic N) is 2. The van der Waals surface area contributed by atoms with E-state index in [0.717, 1.165) is 18.7 Å². The van der Waals surface area contributed by atoms with E-state index in [1.54, 1.807) is 4.90 Å². The zero-order valence-electron chi connectivity index (χ0n) is 12.3. The number of benzene rings is 1. The summed E-state index contributed by atoms with van der Waals surface area (Å²) in [5, 5.41) is 9.91. The van der Waals surface area contributed by atoms with Gasteiger partial charge in [0.1, 0.15) is 0 Å². The van der Waals surface area contributed by atoms with Gasteiger partial charge in [0.25, 0.3) is 0 Å². The minimum atomic E-state index is -0.316. The van der Waals surface area contributed by atoms with Gasteiger partial charge in [-0.25, -0.2) is 0 Å². The molecule has 110 valence electrons. The van der Waals surface area contributed by atoms with E-state index in [9.17, 15) is 9.90 Å². The fourth-order valence-corrected chi connectivity index (χ4v) is 2.65. The lowest BCUT2D eigenvalue weighted by molar-refractivity contribution is -0.120. The molecule has 0 aromatic heterocycles. The number of hydrogen-bond acceptors (Lipinski definition) is 3. The second-order valence-corrected chi connectivity index (χ2v) is 5.54. The van der Waals surface area contributed by atoms with Gasteiger partial charge in [-0.1, -0.05) is 25.1 Å². The fraction of sp³-hybridized carbons (Fsp3) is 0.562. The normalized spacial score (nSPS) is 23.6. The summed E-state index contributed by atoms with van der Waals surface area (Å²) in [6, 6.07) is 9.74. The number of likely N-dealkylation sites (N-methyl/N-ethyl adjacent to an activating group) is 1. The average Bonchev–Trinajstić information content (AvgIpc) is 2.45. The summed E-state index contributed by atoms with van der Waals surface area (Å²) in [5.74, 6) is 0.429. The Morgan fingerprint density at radius 3 is 2.70 bits per heavy atom. The lowest BCUT2D eigenvalue weighted by atomic mass is 9.96. The summed E-state index contributed by atoms with van der Waals surface area (Å²) in [5.41, 5.74) is 0.936. The van der Waals surface area contributed by atoms with Crippen LogP contribution in [0.15, 0.2) is 30.3 Å². The first-order valence-corrected chi connectivity index (χ1v) is 7.37. The summed E-state index contributed by atoms with van der Waals surface area (Å²) < 4.78 is 0. The van der Waals surface area contributed by atoms with Crippen LogP contribution in [-0.4, -0.2) is 48.2 Å². The number of para-hydroxylation sites is 1. The maximum Gasteiger partial charge on any atom is 0.241 e. The maximum atomic E-state index is 12.4. The number of anilines is 1. The van der Waals surface area contributed by atoms with Crippen LogP contribution in [0.5, 0.6) is 0 Å². The van der Waals surface area contributed by atoms with Crippen molar-refractivity contribution >= 4 is 11.6 Å². The Kier molecular flexibility index (Phi) is 5.15. The quantitative estimate of drug-likeness (QED) is 0.911. The lowest BCUT2D eigenvalue weighted by Crippen LogP contribution is -2.48. The van der Waals surface area contributed by atoms with Crippen molar-refractivity contribution in [1.29, 1.82) is 0 Å². The number of rotatable bonds is 4. The van der Waals surface area contributed by atoms with Gasteiger partial charge >= 0.3 is 0 Å². The van der Waals surface area contributed by atoms with E-state index >= 15 is 0 Å². The van der Waals surface area contributed by atoms with Crippen molar-refractivity contribution in [3.05, 3.63) is 30.3 Å². The highest BCUT2D eigenvalue weighted by Gasteiger charge is 2.26. The van der Waals surface area contributed by atoms with Crippen molar-refractivity contribution in [2.75, 3.05) is 31.1 Å². The Labute approximate surface area is 121 Å². The van der Waals surface area contributed by atoms with Gasteiger partial charge in [-0.3, -0.25) is 9.69 Å². The van der Waals surface area contributed by atoms with Crippen LogP contribution in [0.3, 0.4) is 0 Å². The molecule has 20 heavy (non-hydrogen) atoms. The van der Waals surface area contributed by atoms with E-state index in [1.165, 1.54) is 0 Å². The van der Waals surface area contributed by atoms with Gasteiger partial charge in [-0.2, -0.15) is 0 Å². The number of aliphatic hydroxyl groups is 1. The van der Waals surface area contributed by atoms with Crippen LogP contribution in [0.2, 0.25) is 0 Å². The monoisotopic (exact) mass is 276 g/mol. The third-order valence-electron chi connectivity index (χ3n) is 4.05. The first kappa shape index (κ1) is 15.0. The first-order chi connectivity index (χ1) is 9.61. The molecule has 0 radical (unpaired) electrons. The lowest BCUT2D eigenvalue weighted by Gasteiger charge is -2.35. The molecule has 1 N–H and O–H groups in total. The van der Waals surface area contributed by atoms with Crippen LogP contribution >= 0.6 is 0 Å². The van der Waals surface area contributed by atoms with Crippen LogP contribution in [0.1, 0.15) is 20.3 Å². The number of β-amino-alcohol motifs (C(OH)–C–C–N with tert-alkyl or cyclic N) is 1. The van der Waals surface area contributed by atoms with Crippen LogP contribution < -0.4 is 4.90 Å². The van der Waals surface area contributed by atoms with Crippen molar-refractivity contribution in [3.63, 3.8) is 0 Å². The molecule has 1 fully saturated rings. The molecule has 1 amide bonds. The van der Waals surface area contributed by atoms with Gasteiger partial charge in [-0.05, 0) is 37.9 Å². The summed E-state index contributed by atoms with van der Waals surface area (Å²) in [4.78, 5) is 16.3. The third-order valence-corrected chi connectivity index (χ3v) is 4.05. The van der Waals surface area contributed by atoms with Gasteiger partial charge in [0.05, 0.1) is 12.6 Å². The highest BCUT2D eigenvalue weighted by molar-refractivity contribution is 5.94. The Morgan fingerprint density at radius 2 is 2.10 bits per heavy atom. The summed E-state index contributed by atoms with van der Waals surface area (Å²) in [6.45, 7) is 6.57. The molecule has 1 aromatic rings. The van der Waals surface area contributed by atoms with Gasteiger partial charge in [0.15, 0.2) is 0 Å². The van der Waals surface area contributed by atoms with Gasteiger partial charge in [0, 0.05) is 18.8 Å². The Morgan fingerprint density at radius 1 is 1.40 bits per heavy atom. The molecule has 1 saturated heterocycles. The Bertz CT molecular complexity index is 435. The smallest absolute Gasteiger partial charge is 0.241 e. The van der Waals surface area contributed by atoms with E-state index in [0.29, 0.717) is 25.6 Å². The van der Waals surface area contributed by atoms with Crippen molar-refractivity contribution in [2.24, 2.45) is 5.92 Å². The largest absolute Gasteiger partial charge is 0.392 e. The second kappa shape index (κ2) is 6.86. The number of likely N-dealkylation sites (tertiary alicyclic amines) is 1. The molecule has 0 aliphatic carbocycles. The molecule has 1 aromatic carbocycles. The molecule has 2 unspecified atom stereocenters. The minimum absolute atomic E-state index is 0.0976. The van der Waals surface area contributed by atoms with Crippen LogP contribution in [-0.2, 0) is 4.79 Å². The van der Waals surface area contributed by atoms with E-state index in [2.05, 4.69) is 11.8 Å². The Balaban J connectivity index is 1.96. The predicted molar refractivity (Wildman–Crippen MR) is 80.7 cm³/mol. The zero-order chi connectivity index (χ0) is 14.5. The summed E-state index contributed by atoms with van der Waals surface area (Å²) in [7, 11) is 0. The highest BCUT2D eigenvalue weighted by atomic mass is 16.3. The number of carbonyl (C=O) groups is 1. The predicted octanol–water partition coefficient (Wildman–Crippen LogP) is 1.74. The molecule has 0 bridgehead atoms. The van der Waals surface area contributed by atoms with E-state index in [1.807, 2.05) is 37.3 Å². The number of amides is 1.